The zero-order valence-electron chi connectivity index (χ0n) is 23.7. The van der Waals surface area contributed by atoms with E-state index in [1.54, 1.807) is 4.90 Å². The number of rotatable bonds is 4. The Hall–Kier alpha value is -3.32. The number of carbonyl (C=O) groups excluding carboxylic acids is 1. The minimum Gasteiger partial charge on any atom is -0.444 e. The van der Waals surface area contributed by atoms with Gasteiger partial charge in [0.2, 0.25) is 0 Å². The lowest BCUT2D eigenvalue weighted by Gasteiger charge is -2.38. The van der Waals surface area contributed by atoms with Crippen LogP contribution in [0.15, 0.2) is 48.8 Å². The average Bonchev–Trinajstić information content (AvgIpc) is 3.28. The van der Waals surface area contributed by atoms with Gasteiger partial charge in [-0.05, 0) is 82.0 Å². The number of carbonyl (C=O) groups is 1. The molecule has 1 aromatic heterocycles. The summed E-state index contributed by atoms with van der Waals surface area (Å²) in [6, 6.07) is 14.1. The maximum Gasteiger partial charge on any atom is 0.410 e. The van der Waals surface area contributed by atoms with Gasteiger partial charge in [0.05, 0.1) is 17.4 Å². The summed E-state index contributed by atoms with van der Waals surface area (Å²) < 4.78 is 7.66. The lowest BCUT2D eigenvalue weighted by atomic mass is 9.94. The molecule has 3 heterocycles. The Balaban J connectivity index is 1.38. The number of aromatic nitrogens is 2. The van der Waals surface area contributed by atoms with E-state index in [1.807, 2.05) is 34.1 Å². The molecule has 2 aliphatic heterocycles. The highest BCUT2D eigenvalue weighted by molar-refractivity contribution is 5.94. The molecule has 2 aliphatic rings. The SMILES string of the molecule is CC(C)N1CCN(c2ccc(-c3cc(C4=CCN(C(=O)OC(C)(C)C)CC4)c4ncn(C)c4c3)cc2)CC1. The molecule has 7 heteroatoms. The van der Waals surface area contributed by atoms with E-state index in [0.717, 1.165) is 49.2 Å². The van der Waals surface area contributed by atoms with Crippen molar-refractivity contribution in [1.82, 2.24) is 19.4 Å². The molecule has 1 amide bonds. The summed E-state index contributed by atoms with van der Waals surface area (Å²) in [5.41, 5.74) is 7.68. The summed E-state index contributed by atoms with van der Waals surface area (Å²) in [6.45, 7) is 15.8. The largest absolute Gasteiger partial charge is 0.444 e. The lowest BCUT2D eigenvalue weighted by molar-refractivity contribution is 0.0270. The van der Waals surface area contributed by atoms with Crippen LogP contribution in [-0.4, -0.2) is 76.4 Å². The monoisotopic (exact) mass is 515 g/mol. The number of aryl methyl sites for hydroxylation is 1. The summed E-state index contributed by atoms with van der Waals surface area (Å²) in [6.07, 6.45) is 4.56. The zero-order chi connectivity index (χ0) is 27.0. The fourth-order valence-electron chi connectivity index (χ4n) is 5.41. The highest BCUT2D eigenvalue weighted by Gasteiger charge is 2.25. The number of hydrogen-bond donors (Lipinski definition) is 0. The highest BCUT2D eigenvalue weighted by Crippen LogP contribution is 2.34. The molecule has 0 bridgehead atoms. The molecule has 0 spiro atoms. The van der Waals surface area contributed by atoms with Crippen molar-refractivity contribution in [3.8, 4) is 11.1 Å². The second kappa shape index (κ2) is 10.4. The van der Waals surface area contributed by atoms with Crippen LogP contribution in [0.3, 0.4) is 0 Å². The third kappa shape index (κ3) is 5.58. The number of nitrogens with zero attached hydrogens (tertiary/aromatic N) is 5. The van der Waals surface area contributed by atoms with E-state index in [0.29, 0.717) is 19.1 Å². The van der Waals surface area contributed by atoms with Crippen molar-refractivity contribution < 1.29 is 9.53 Å². The molecule has 0 atom stereocenters. The van der Waals surface area contributed by atoms with Gasteiger partial charge in [0.15, 0.2) is 0 Å². The minimum absolute atomic E-state index is 0.254. The quantitative estimate of drug-likeness (QED) is 0.440. The topological polar surface area (TPSA) is 53.8 Å². The van der Waals surface area contributed by atoms with Crippen LogP contribution in [0.2, 0.25) is 0 Å². The molecule has 5 rings (SSSR count). The first kappa shape index (κ1) is 26.3. The molecular weight excluding hydrogens is 474 g/mol. The molecule has 202 valence electrons. The maximum atomic E-state index is 12.6. The Morgan fingerprint density at radius 2 is 1.68 bits per heavy atom. The summed E-state index contributed by atoms with van der Waals surface area (Å²) in [5, 5.41) is 0. The van der Waals surface area contributed by atoms with Crippen molar-refractivity contribution in [3.05, 3.63) is 54.4 Å². The normalized spacial score (nSPS) is 17.3. The van der Waals surface area contributed by atoms with E-state index in [2.05, 4.69) is 70.7 Å². The number of fused-ring (bicyclic) bond motifs is 1. The second-order valence-corrected chi connectivity index (χ2v) is 11.8. The maximum absolute atomic E-state index is 12.6. The fraction of sp³-hybridized carbons (Fsp3) is 0.484. The number of ether oxygens (including phenoxy) is 1. The molecule has 0 aliphatic carbocycles. The molecule has 1 saturated heterocycles. The van der Waals surface area contributed by atoms with Gasteiger partial charge in [-0.25, -0.2) is 9.78 Å². The van der Waals surface area contributed by atoms with E-state index < -0.39 is 5.60 Å². The van der Waals surface area contributed by atoms with Gasteiger partial charge in [0.1, 0.15) is 5.60 Å². The van der Waals surface area contributed by atoms with Crippen LogP contribution in [0.25, 0.3) is 27.7 Å². The Bertz CT molecular complexity index is 1320. The molecule has 0 saturated carbocycles. The summed E-state index contributed by atoms with van der Waals surface area (Å²) in [4.78, 5) is 24.1. The first-order chi connectivity index (χ1) is 18.1. The summed E-state index contributed by atoms with van der Waals surface area (Å²) >= 11 is 0. The zero-order valence-corrected chi connectivity index (χ0v) is 23.7. The molecule has 0 N–H and O–H groups in total. The third-order valence-corrected chi connectivity index (χ3v) is 7.65. The van der Waals surface area contributed by atoms with Gasteiger partial charge < -0.3 is 19.1 Å². The Kier molecular flexibility index (Phi) is 7.23. The number of amides is 1. The van der Waals surface area contributed by atoms with Crippen molar-refractivity contribution >= 4 is 28.4 Å². The Labute approximate surface area is 226 Å². The van der Waals surface area contributed by atoms with E-state index >= 15 is 0 Å². The van der Waals surface area contributed by atoms with Crippen molar-refractivity contribution in [2.24, 2.45) is 7.05 Å². The van der Waals surface area contributed by atoms with Crippen LogP contribution in [0.5, 0.6) is 0 Å². The molecular formula is C31H41N5O2. The van der Waals surface area contributed by atoms with Gasteiger partial charge >= 0.3 is 6.09 Å². The Morgan fingerprint density at radius 1 is 0.974 bits per heavy atom. The van der Waals surface area contributed by atoms with E-state index in [4.69, 9.17) is 9.72 Å². The van der Waals surface area contributed by atoms with Crippen LogP contribution in [0.4, 0.5) is 10.5 Å². The molecule has 0 radical (unpaired) electrons. The van der Waals surface area contributed by atoms with E-state index in [1.165, 1.54) is 22.4 Å². The molecule has 3 aromatic rings. The van der Waals surface area contributed by atoms with Gasteiger partial charge in [-0.15, -0.1) is 0 Å². The second-order valence-electron chi connectivity index (χ2n) is 11.8. The molecule has 1 fully saturated rings. The summed E-state index contributed by atoms with van der Waals surface area (Å²) in [7, 11) is 2.04. The van der Waals surface area contributed by atoms with Gasteiger partial charge in [0.25, 0.3) is 0 Å². The van der Waals surface area contributed by atoms with Crippen LogP contribution in [-0.2, 0) is 11.8 Å². The number of imidazole rings is 1. The number of anilines is 1. The number of benzene rings is 2. The molecule has 38 heavy (non-hydrogen) atoms. The average molecular weight is 516 g/mol. The fourth-order valence-corrected chi connectivity index (χ4v) is 5.41. The van der Waals surface area contributed by atoms with Crippen LogP contribution < -0.4 is 4.90 Å². The Morgan fingerprint density at radius 3 is 2.29 bits per heavy atom. The first-order valence-corrected chi connectivity index (χ1v) is 13.8. The highest BCUT2D eigenvalue weighted by atomic mass is 16.6. The summed E-state index contributed by atoms with van der Waals surface area (Å²) in [5.74, 6) is 0. The molecule has 2 aromatic carbocycles. The minimum atomic E-state index is -0.493. The van der Waals surface area contributed by atoms with Crippen molar-refractivity contribution in [2.75, 3.05) is 44.2 Å². The smallest absolute Gasteiger partial charge is 0.410 e. The van der Waals surface area contributed by atoms with Crippen molar-refractivity contribution in [1.29, 1.82) is 0 Å². The first-order valence-electron chi connectivity index (χ1n) is 13.8. The standard InChI is InChI=1S/C31H41N5O2/c1-22(2)34-15-17-35(18-16-34)26-9-7-23(8-10-26)25-19-27(29-28(20-25)33(6)21-32-29)24-11-13-36(14-12-24)30(37)38-31(3,4)5/h7-11,19-22H,12-18H2,1-6H3. The number of hydrogen-bond acceptors (Lipinski definition) is 5. The van der Waals surface area contributed by atoms with Gasteiger partial charge in [-0.1, -0.05) is 18.2 Å². The molecule has 0 unspecified atom stereocenters. The van der Waals surface area contributed by atoms with Gasteiger partial charge in [-0.3, -0.25) is 4.90 Å². The number of piperazine rings is 1. The third-order valence-electron chi connectivity index (χ3n) is 7.65. The lowest BCUT2D eigenvalue weighted by Crippen LogP contribution is -2.48. The van der Waals surface area contributed by atoms with Crippen molar-refractivity contribution in [3.63, 3.8) is 0 Å². The molecule has 7 nitrogen and oxygen atoms in total. The predicted molar refractivity (Wildman–Crippen MR) is 155 cm³/mol. The van der Waals surface area contributed by atoms with Gasteiger partial charge in [0, 0.05) is 63.6 Å². The predicted octanol–water partition coefficient (Wildman–Crippen LogP) is 5.79. The van der Waals surface area contributed by atoms with Crippen LogP contribution >= 0.6 is 0 Å². The van der Waals surface area contributed by atoms with E-state index in [-0.39, 0.29) is 6.09 Å². The van der Waals surface area contributed by atoms with Crippen LogP contribution in [0, 0.1) is 0 Å². The van der Waals surface area contributed by atoms with Crippen LogP contribution in [0.1, 0.15) is 46.6 Å². The van der Waals surface area contributed by atoms with Crippen molar-refractivity contribution in [2.45, 2.75) is 52.7 Å². The van der Waals surface area contributed by atoms with E-state index in [9.17, 15) is 4.79 Å². The van der Waals surface area contributed by atoms with Gasteiger partial charge in [-0.2, -0.15) is 0 Å².